The van der Waals surface area contributed by atoms with Crippen LogP contribution in [0, 0.1) is 23.8 Å². The number of phenolic OH excluding ortho intramolecular Hbond substituents is 1. The molecule has 0 fully saturated rings. The number of benzene rings is 8. The van der Waals surface area contributed by atoms with Gasteiger partial charge >= 0.3 is 57.4 Å². The van der Waals surface area contributed by atoms with Gasteiger partial charge in [0.2, 0.25) is 17.7 Å². The van der Waals surface area contributed by atoms with Gasteiger partial charge in [0, 0.05) is 95.1 Å². The van der Waals surface area contributed by atoms with Gasteiger partial charge in [-0.3, -0.25) is 20.2 Å². The number of aromatic carboxylic acids is 1. The molecule has 412 valence electrons. The summed E-state index contributed by atoms with van der Waals surface area (Å²) in [6.45, 7) is 0. The molecule has 0 spiro atoms. The third-order valence-electron chi connectivity index (χ3n) is 11.3. The van der Waals surface area contributed by atoms with Crippen LogP contribution in [0.15, 0.2) is 183 Å². The summed E-state index contributed by atoms with van der Waals surface area (Å²) in [7, 11) is 7.41. The number of aromatic nitrogens is 3. The minimum atomic E-state index is -0.896. The molecule has 0 aliphatic heterocycles. The Morgan fingerprint density at radius 2 is 0.864 bits per heavy atom. The molecule has 0 amide bonds. The van der Waals surface area contributed by atoms with Crippen molar-refractivity contribution in [3.8, 4) is 40.1 Å². The monoisotopic (exact) mass is 1350 g/mol. The number of nitrogens with two attached hydrogens (primary N) is 2. The fraction of sp³-hybridized carbons (Fsp3) is 0.0877. The van der Waals surface area contributed by atoms with E-state index in [9.17, 15) is 25.0 Å². The smallest absolute Gasteiger partial charge is 1.00 e. The Labute approximate surface area is 537 Å². The Balaban J connectivity index is 0.000000220. The summed E-state index contributed by atoms with van der Waals surface area (Å²) in [5.74, 6) is 0.558. The van der Waals surface area contributed by atoms with E-state index in [1.807, 2.05) is 124 Å². The van der Waals surface area contributed by atoms with E-state index in [1.165, 1.54) is 24.3 Å². The molecule has 8 aromatic carbocycles. The number of hydrogen-bond acceptors (Lipinski definition) is 18. The normalized spacial score (nSPS) is 9.94. The van der Waals surface area contributed by atoms with Crippen molar-refractivity contribution < 1.29 is 113 Å². The van der Waals surface area contributed by atoms with Crippen molar-refractivity contribution in [2.24, 2.45) is 0 Å². The quantitative estimate of drug-likeness (QED) is 0.0163. The van der Waals surface area contributed by atoms with Gasteiger partial charge in [-0.05, 0) is 162 Å². The zero-order chi connectivity index (χ0) is 55.9. The van der Waals surface area contributed by atoms with E-state index in [0.717, 1.165) is 65.7 Å². The molecule has 81 heavy (non-hydrogen) atoms. The first-order valence-electron chi connectivity index (χ1n) is 23.4. The minimum Gasteiger partial charge on any atom is -1.00 e. The van der Waals surface area contributed by atoms with Crippen molar-refractivity contribution in [2.45, 2.75) is 7.43 Å². The number of anilines is 6. The number of nitrogens with one attached hydrogen (secondary N) is 4. The van der Waals surface area contributed by atoms with Crippen LogP contribution in [-0.4, -0.2) is 69.2 Å². The van der Waals surface area contributed by atoms with Gasteiger partial charge in [-0.1, -0.05) is 7.43 Å². The van der Waals surface area contributed by atoms with Crippen molar-refractivity contribution in [1.29, 1.82) is 0 Å². The Hall–Kier alpha value is -7.86. The van der Waals surface area contributed by atoms with Crippen molar-refractivity contribution >= 4 is 107 Å². The number of aromatic hydroxyl groups is 1. The first kappa shape index (κ1) is 65.7. The third-order valence-corrected chi connectivity index (χ3v) is 11.9. The zero-order valence-corrected chi connectivity index (χ0v) is 50.9. The van der Waals surface area contributed by atoms with Gasteiger partial charge in [-0.2, -0.15) is 0 Å². The van der Waals surface area contributed by atoms with Gasteiger partial charge in [0.15, 0.2) is 16.7 Å². The van der Waals surface area contributed by atoms with Crippen LogP contribution >= 0.6 is 22.6 Å². The van der Waals surface area contributed by atoms with Crippen LogP contribution in [-0.2, 0) is 0 Å². The number of rotatable bonds is 10. The van der Waals surface area contributed by atoms with Crippen LogP contribution in [0.25, 0.3) is 67.7 Å². The molecule has 10 N–H and O–H groups in total. The van der Waals surface area contributed by atoms with Crippen LogP contribution in [0.2, 0.25) is 0 Å². The van der Waals surface area contributed by atoms with E-state index >= 15 is 0 Å². The van der Waals surface area contributed by atoms with Crippen LogP contribution in [0.4, 0.5) is 45.5 Å². The fourth-order valence-corrected chi connectivity index (χ4v) is 7.46. The number of carboxylic acids is 1. The molecule has 0 radical (unpaired) electrons. The summed E-state index contributed by atoms with van der Waals surface area (Å²) < 4.78 is 18.2. The average Bonchev–Trinajstić information content (AvgIpc) is 4.32. The second-order valence-corrected chi connectivity index (χ2v) is 17.7. The molecule has 0 aliphatic rings. The topological polar surface area (TPSA) is 322 Å². The van der Waals surface area contributed by atoms with Crippen LogP contribution in [0.1, 0.15) is 17.8 Å². The number of nitrogen functional groups attached to an aromatic ring is 2. The Morgan fingerprint density at radius 3 is 1.25 bits per heavy atom. The fourth-order valence-electron chi connectivity index (χ4n) is 7.00. The Kier molecular flexibility index (Phi) is 25.3. The van der Waals surface area contributed by atoms with Gasteiger partial charge < -0.3 is 80.2 Å². The van der Waals surface area contributed by atoms with Crippen LogP contribution in [0.5, 0.6) is 5.75 Å². The number of carboxylic acid groups (broad SMARTS) is 1. The number of fused-ring (bicyclic) bond motifs is 3. The minimum absolute atomic E-state index is 0. The molecule has 3 heterocycles. The van der Waals surface area contributed by atoms with E-state index in [4.69, 9.17) is 34.9 Å². The van der Waals surface area contributed by atoms with Crippen molar-refractivity contribution in [1.82, 2.24) is 15.0 Å². The van der Waals surface area contributed by atoms with E-state index in [-0.39, 0.29) is 106 Å². The van der Waals surface area contributed by atoms with Gasteiger partial charge in [0.1, 0.15) is 22.3 Å². The largest absolute Gasteiger partial charge is 1.00 e. The number of nitrogens with zero attached hydrogens (tertiary/aromatic N) is 5. The Morgan fingerprint density at radius 1 is 0.519 bits per heavy atom. The first-order valence-corrected chi connectivity index (χ1v) is 24.5. The van der Waals surface area contributed by atoms with Crippen molar-refractivity contribution in [3.05, 3.63) is 199 Å². The van der Waals surface area contributed by atoms with E-state index in [1.54, 1.807) is 43.4 Å². The molecule has 11 rings (SSSR count). The molecule has 0 unspecified atom stereocenters. The number of non-ortho nitro benzene ring substituents is 2. The third kappa shape index (κ3) is 18.1. The summed E-state index contributed by atoms with van der Waals surface area (Å²) in [5, 5.41) is 50.4. The number of carbonyl (C=O) groups is 1. The maximum atomic E-state index is 10.7. The predicted octanol–water partition coefficient (Wildman–Crippen LogP) is 7.66. The van der Waals surface area contributed by atoms with E-state index < -0.39 is 15.8 Å². The molecule has 24 heteroatoms. The van der Waals surface area contributed by atoms with Gasteiger partial charge in [0.25, 0.3) is 11.4 Å². The molecule has 0 atom stereocenters. The maximum Gasteiger partial charge on any atom is 1.00 e. The second kappa shape index (κ2) is 31.2. The molecule has 0 saturated carbocycles. The van der Waals surface area contributed by atoms with Crippen molar-refractivity contribution in [3.63, 3.8) is 0 Å². The summed E-state index contributed by atoms with van der Waals surface area (Å²) in [6.07, 6.45) is 0. The standard InChI is InChI=1S/C14H11IN2O.C14H11N3O3.C14H13N3O.C8H9NO2.C6H6N2O3.CH4.HI.K/c1-16-11-5-2-9(3-6-11)14-17-12-7-4-10(15)8-13(12)18-14;1-15-10-4-2-9(3-5-10)14-16-12-7-6-11(17(18)19)8-13(12)20-14;1-16-11-5-2-9(3-6-11)14-17-12-7-4-10(15)8-13(12)18-14;1-9-7-4-2-6(3-5-7)8(10)11;7-5-2-1-4(8(10)11)3-6(5)9;;;/h2-8,16H,1H3;2-8,15H,1H3;2-8,16H,15H2,1H3;2-5,9H,1H3,(H,10,11);1-3,9H,7H2;1H4;1H;/q;;;;;;;+1/p-1. The van der Waals surface area contributed by atoms with Gasteiger partial charge in [-0.25, -0.2) is 19.7 Å². The van der Waals surface area contributed by atoms with E-state index in [2.05, 4.69) is 58.8 Å². The molecule has 3 aromatic heterocycles. The van der Waals surface area contributed by atoms with Gasteiger partial charge in [0.05, 0.1) is 33.2 Å². The SMILES string of the molecule is C.CNc1ccc(-c2nc3ccc(I)cc3o2)cc1.CNc1ccc(-c2nc3ccc(N)cc3o2)cc1.CNc1ccc(-c2nc3ccc([N+](=O)[O-])cc3o2)cc1.CNc1ccc(C(=O)O)cc1.Nc1ccc([N+](=O)[O-])cc1O.[I-].[K+]. The zero-order valence-electron chi connectivity index (χ0n) is 43.5. The number of phenols is 1. The first-order chi connectivity index (χ1) is 37.5. The molecule has 11 aromatic rings. The molecule has 0 bridgehead atoms. The maximum absolute atomic E-state index is 10.7. The molecular formula is C57H54I2KN11O10. The average molecular weight is 1350 g/mol. The van der Waals surface area contributed by atoms with E-state index in [0.29, 0.717) is 45.6 Å². The summed E-state index contributed by atoms with van der Waals surface area (Å²) >= 11 is 2.27. The summed E-state index contributed by atoms with van der Waals surface area (Å²) in [5.41, 5.74) is 22.9. The second-order valence-electron chi connectivity index (χ2n) is 16.4. The van der Waals surface area contributed by atoms with Crippen LogP contribution < -0.4 is 108 Å². The number of nitro groups is 2. The van der Waals surface area contributed by atoms with Crippen molar-refractivity contribution in [2.75, 3.05) is 60.9 Å². The molecule has 21 nitrogen and oxygen atoms in total. The number of hydrogen-bond donors (Lipinski definition) is 8. The molecule has 0 aliphatic carbocycles. The Bertz CT molecular complexity index is 3720. The summed E-state index contributed by atoms with van der Waals surface area (Å²) in [6, 6.07) is 49.5. The number of oxazole rings is 3. The molecule has 0 saturated heterocycles. The predicted molar refractivity (Wildman–Crippen MR) is 320 cm³/mol. The summed E-state index contributed by atoms with van der Waals surface area (Å²) in [4.78, 5) is 43.4. The number of halogens is 2. The molecular weight excluding hydrogens is 1290 g/mol. The number of nitro benzene ring substituents is 2. The van der Waals surface area contributed by atoms with Crippen LogP contribution in [0.3, 0.4) is 0 Å². The van der Waals surface area contributed by atoms with Gasteiger partial charge in [-0.15, -0.1) is 0 Å².